The van der Waals surface area contributed by atoms with Gasteiger partial charge in [-0.15, -0.1) is 0 Å². The van der Waals surface area contributed by atoms with Crippen LogP contribution in [0.2, 0.25) is 0 Å². The van der Waals surface area contributed by atoms with Gasteiger partial charge in [0.15, 0.2) is 0 Å². The number of carboxylic acids is 1. The number of nitrogens with zero attached hydrogens (tertiary/aromatic N) is 1. The van der Waals surface area contributed by atoms with Crippen molar-refractivity contribution in [3.05, 3.63) is 0 Å². The summed E-state index contributed by atoms with van der Waals surface area (Å²) in [6.07, 6.45) is 3.44. The van der Waals surface area contributed by atoms with Gasteiger partial charge in [-0.2, -0.15) is 0 Å². The number of likely N-dealkylation sites (tertiary alicyclic amines) is 1. The highest BCUT2D eigenvalue weighted by Gasteiger charge is 2.34. The molecule has 1 aliphatic heterocycles. The summed E-state index contributed by atoms with van der Waals surface area (Å²) in [5.41, 5.74) is 0. The molecular weight excluding hydrogens is 244 g/mol. The van der Waals surface area contributed by atoms with E-state index in [1.807, 2.05) is 18.7 Å². The van der Waals surface area contributed by atoms with Crippen LogP contribution >= 0.6 is 0 Å². The van der Waals surface area contributed by atoms with Gasteiger partial charge in [-0.25, -0.2) is 0 Å². The molecule has 0 spiro atoms. The van der Waals surface area contributed by atoms with Crippen molar-refractivity contribution in [1.29, 1.82) is 0 Å². The molecule has 2 N–H and O–H groups in total. The summed E-state index contributed by atoms with van der Waals surface area (Å²) in [5, 5.41) is 12.5. The number of carbonyl (C=O) groups is 2. The highest BCUT2D eigenvalue weighted by molar-refractivity contribution is 5.78. The third-order valence-corrected chi connectivity index (χ3v) is 3.85. The van der Waals surface area contributed by atoms with Gasteiger partial charge < -0.3 is 15.3 Å². The van der Waals surface area contributed by atoms with Gasteiger partial charge in [0.1, 0.15) is 0 Å². The first-order valence-electron chi connectivity index (χ1n) is 7.22. The third kappa shape index (κ3) is 4.20. The molecular formula is C14H24N2O3. The largest absolute Gasteiger partial charge is 0.481 e. The van der Waals surface area contributed by atoms with E-state index in [-0.39, 0.29) is 30.2 Å². The minimum absolute atomic E-state index is 0.0230. The molecule has 108 valence electrons. The maximum absolute atomic E-state index is 12.1. The van der Waals surface area contributed by atoms with Crippen LogP contribution in [0.3, 0.4) is 0 Å². The minimum atomic E-state index is -0.769. The molecule has 0 aromatic heterocycles. The van der Waals surface area contributed by atoms with Crippen LogP contribution in [0.5, 0.6) is 0 Å². The lowest BCUT2D eigenvalue weighted by Crippen LogP contribution is -2.53. The zero-order chi connectivity index (χ0) is 14.0. The Kier molecular flexibility index (Phi) is 4.45. The molecule has 2 fully saturated rings. The number of aliphatic carboxylic acids is 1. The van der Waals surface area contributed by atoms with Gasteiger partial charge in [-0.3, -0.25) is 9.59 Å². The van der Waals surface area contributed by atoms with Gasteiger partial charge in [0.25, 0.3) is 0 Å². The zero-order valence-corrected chi connectivity index (χ0v) is 11.8. The third-order valence-electron chi connectivity index (χ3n) is 3.85. The van der Waals surface area contributed by atoms with E-state index in [4.69, 9.17) is 5.11 Å². The van der Waals surface area contributed by atoms with Crippen molar-refractivity contribution >= 4 is 11.9 Å². The molecule has 0 radical (unpaired) electrons. The number of rotatable bonds is 5. The molecule has 2 rings (SSSR count). The van der Waals surface area contributed by atoms with E-state index in [0.29, 0.717) is 12.6 Å². The second-order valence-corrected chi connectivity index (χ2v) is 6.24. The van der Waals surface area contributed by atoms with Crippen LogP contribution in [0.25, 0.3) is 0 Å². The summed E-state index contributed by atoms with van der Waals surface area (Å²) in [6, 6.07) is 0.845. The van der Waals surface area contributed by atoms with E-state index in [1.165, 1.54) is 12.8 Å². The summed E-state index contributed by atoms with van der Waals surface area (Å²) < 4.78 is 0. The predicted octanol–water partition coefficient (Wildman–Crippen LogP) is 1.09. The van der Waals surface area contributed by atoms with Crippen LogP contribution in [-0.4, -0.2) is 47.1 Å². The van der Waals surface area contributed by atoms with Crippen molar-refractivity contribution in [3.63, 3.8) is 0 Å². The minimum Gasteiger partial charge on any atom is -0.481 e. The summed E-state index contributed by atoms with van der Waals surface area (Å²) >= 11 is 0. The summed E-state index contributed by atoms with van der Waals surface area (Å²) in [6.45, 7) is 5.11. The SMILES string of the molecule is CC(C)C(=O)N1CC(CC(=O)O)CC(NC2CC2)C1. The molecule has 5 nitrogen and oxygen atoms in total. The molecule has 1 heterocycles. The van der Waals surface area contributed by atoms with Crippen molar-refractivity contribution < 1.29 is 14.7 Å². The Morgan fingerprint density at radius 2 is 1.95 bits per heavy atom. The summed E-state index contributed by atoms with van der Waals surface area (Å²) in [5.74, 6) is -0.581. The van der Waals surface area contributed by atoms with Gasteiger partial charge in [0.05, 0.1) is 0 Å². The molecule has 19 heavy (non-hydrogen) atoms. The van der Waals surface area contributed by atoms with Gasteiger partial charge >= 0.3 is 5.97 Å². The van der Waals surface area contributed by atoms with E-state index < -0.39 is 5.97 Å². The summed E-state index contributed by atoms with van der Waals surface area (Å²) in [7, 11) is 0. The molecule has 1 saturated heterocycles. The fourth-order valence-corrected chi connectivity index (χ4v) is 2.85. The highest BCUT2D eigenvalue weighted by atomic mass is 16.4. The Morgan fingerprint density at radius 3 is 2.47 bits per heavy atom. The van der Waals surface area contributed by atoms with Gasteiger partial charge in [-0.1, -0.05) is 13.8 Å². The maximum Gasteiger partial charge on any atom is 0.303 e. The Balaban J connectivity index is 1.97. The van der Waals surface area contributed by atoms with Crippen LogP contribution < -0.4 is 5.32 Å². The molecule has 0 bridgehead atoms. The average Bonchev–Trinajstić information content (AvgIpc) is 3.10. The number of carboxylic acid groups (broad SMARTS) is 1. The van der Waals surface area contributed by atoms with Crippen molar-refractivity contribution in [3.8, 4) is 0 Å². The summed E-state index contributed by atoms with van der Waals surface area (Å²) in [4.78, 5) is 24.9. The quantitative estimate of drug-likeness (QED) is 0.783. The molecule has 2 unspecified atom stereocenters. The fraction of sp³-hybridized carbons (Fsp3) is 0.857. The molecule has 0 aromatic rings. The standard InChI is InChI=1S/C14H24N2O3/c1-9(2)14(19)16-7-10(6-13(17)18)5-12(8-16)15-11-3-4-11/h9-12,15H,3-8H2,1-2H3,(H,17,18). The molecule has 1 amide bonds. The van der Waals surface area contributed by atoms with E-state index in [0.717, 1.165) is 13.0 Å². The number of amides is 1. The van der Waals surface area contributed by atoms with Gasteiger partial charge in [0, 0.05) is 37.5 Å². The lowest BCUT2D eigenvalue weighted by molar-refractivity contribution is -0.142. The van der Waals surface area contributed by atoms with E-state index >= 15 is 0 Å². The average molecular weight is 268 g/mol. The molecule has 2 aliphatic rings. The van der Waals surface area contributed by atoms with Crippen LogP contribution in [0.4, 0.5) is 0 Å². The van der Waals surface area contributed by atoms with Crippen molar-refractivity contribution in [2.75, 3.05) is 13.1 Å². The lowest BCUT2D eigenvalue weighted by atomic mass is 9.90. The van der Waals surface area contributed by atoms with Crippen LogP contribution in [-0.2, 0) is 9.59 Å². The molecule has 5 heteroatoms. The second-order valence-electron chi connectivity index (χ2n) is 6.24. The Morgan fingerprint density at radius 1 is 1.26 bits per heavy atom. The number of hydrogen-bond donors (Lipinski definition) is 2. The highest BCUT2D eigenvalue weighted by Crippen LogP contribution is 2.26. The Hall–Kier alpha value is -1.10. The fourth-order valence-electron chi connectivity index (χ4n) is 2.85. The topological polar surface area (TPSA) is 69.6 Å². The Bertz CT molecular complexity index is 353. The number of piperidine rings is 1. The number of hydrogen-bond acceptors (Lipinski definition) is 3. The van der Waals surface area contributed by atoms with Crippen LogP contribution in [0, 0.1) is 11.8 Å². The van der Waals surface area contributed by atoms with Crippen molar-refractivity contribution in [2.24, 2.45) is 11.8 Å². The maximum atomic E-state index is 12.1. The van der Waals surface area contributed by atoms with E-state index in [1.54, 1.807) is 0 Å². The molecule has 0 aromatic carbocycles. The second kappa shape index (κ2) is 5.90. The first kappa shape index (κ1) is 14.3. The van der Waals surface area contributed by atoms with E-state index in [9.17, 15) is 9.59 Å². The number of carbonyl (C=O) groups excluding carboxylic acids is 1. The Labute approximate surface area is 114 Å². The normalized spacial score (nSPS) is 27.6. The zero-order valence-electron chi connectivity index (χ0n) is 11.8. The molecule has 1 saturated carbocycles. The van der Waals surface area contributed by atoms with Gasteiger partial charge in [-0.05, 0) is 25.2 Å². The predicted molar refractivity (Wildman–Crippen MR) is 71.7 cm³/mol. The molecule has 1 aliphatic carbocycles. The van der Waals surface area contributed by atoms with Gasteiger partial charge in [0.2, 0.25) is 5.91 Å². The number of nitrogens with one attached hydrogen (secondary N) is 1. The van der Waals surface area contributed by atoms with Crippen LogP contribution in [0.1, 0.15) is 39.5 Å². The smallest absolute Gasteiger partial charge is 0.303 e. The van der Waals surface area contributed by atoms with Crippen LogP contribution in [0.15, 0.2) is 0 Å². The monoisotopic (exact) mass is 268 g/mol. The lowest BCUT2D eigenvalue weighted by Gasteiger charge is -2.38. The molecule has 2 atom stereocenters. The van der Waals surface area contributed by atoms with Crippen molar-refractivity contribution in [2.45, 2.75) is 51.6 Å². The first-order chi connectivity index (χ1) is 8.95. The first-order valence-corrected chi connectivity index (χ1v) is 7.22. The van der Waals surface area contributed by atoms with E-state index in [2.05, 4.69) is 5.32 Å². The van der Waals surface area contributed by atoms with Crippen molar-refractivity contribution in [1.82, 2.24) is 10.2 Å².